The van der Waals surface area contributed by atoms with Crippen molar-refractivity contribution in [2.45, 2.75) is 31.7 Å². The van der Waals surface area contributed by atoms with Gasteiger partial charge in [-0.25, -0.2) is 0 Å². The van der Waals surface area contributed by atoms with Crippen LogP contribution in [-0.4, -0.2) is 56.5 Å². The zero-order valence-electron chi connectivity index (χ0n) is 19.8. The summed E-state index contributed by atoms with van der Waals surface area (Å²) >= 11 is 0. The lowest BCUT2D eigenvalue weighted by Crippen LogP contribution is -2.40. The predicted molar refractivity (Wildman–Crippen MR) is 150 cm³/mol. The lowest BCUT2D eigenvalue weighted by molar-refractivity contribution is -0.127. The molecule has 3 aliphatic heterocycles. The quantitative estimate of drug-likeness (QED) is 0.242. The van der Waals surface area contributed by atoms with Gasteiger partial charge in [-0.15, -0.1) is 24.0 Å². The SMILES string of the molecule is CN=C(NCc1cccc(N2CC=CC2)c1)N1CC(CCN2CCCC2=O)c2ccccc21.I. The molecule has 180 valence electrons. The van der Waals surface area contributed by atoms with E-state index in [1.165, 1.54) is 22.5 Å². The van der Waals surface area contributed by atoms with Crippen LogP contribution in [0.5, 0.6) is 0 Å². The molecule has 7 heteroatoms. The van der Waals surface area contributed by atoms with Gasteiger partial charge in [-0.3, -0.25) is 9.79 Å². The van der Waals surface area contributed by atoms with E-state index in [1.54, 1.807) is 0 Å². The van der Waals surface area contributed by atoms with Crippen LogP contribution in [0.15, 0.2) is 65.7 Å². The molecule has 1 unspecified atom stereocenters. The van der Waals surface area contributed by atoms with Crippen LogP contribution in [0, 0.1) is 0 Å². The highest BCUT2D eigenvalue weighted by Gasteiger charge is 2.32. The van der Waals surface area contributed by atoms with Crippen molar-refractivity contribution in [1.29, 1.82) is 0 Å². The van der Waals surface area contributed by atoms with Gasteiger partial charge in [0.1, 0.15) is 0 Å². The summed E-state index contributed by atoms with van der Waals surface area (Å²) in [5.74, 6) is 1.61. The Morgan fingerprint density at radius 1 is 1.12 bits per heavy atom. The fourth-order valence-electron chi connectivity index (χ4n) is 5.22. The molecule has 0 aromatic heterocycles. The highest BCUT2D eigenvalue weighted by atomic mass is 127. The average molecular weight is 572 g/mol. The number of hydrogen-bond donors (Lipinski definition) is 1. The van der Waals surface area contributed by atoms with Gasteiger partial charge in [-0.1, -0.05) is 42.5 Å². The van der Waals surface area contributed by atoms with Gasteiger partial charge in [-0.05, 0) is 42.2 Å². The zero-order chi connectivity index (χ0) is 22.6. The number of aliphatic imine (C=N–C) groups is 1. The summed E-state index contributed by atoms with van der Waals surface area (Å²) in [5, 5.41) is 3.59. The van der Waals surface area contributed by atoms with E-state index in [4.69, 9.17) is 0 Å². The third-order valence-electron chi connectivity index (χ3n) is 7.00. The maximum atomic E-state index is 12.1. The predicted octanol–water partition coefficient (Wildman–Crippen LogP) is 4.37. The van der Waals surface area contributed by atoms with Crippen molar-refractivity contribution < 1.29 is 4.79 Å². The fraction of sp³-hybridized carbons (Fsp3) is 0.407. The number of hydrogen-bond acceptors (Lipinski definition) is 3. The van der Waals surface area contributed by atoms with Gasteiger partial charge in [0.25, 0.3) is 0 Å². The van der Waals surface area contributed by atoms with Gasteiger partial charge in [0.2, 0.25) is 5.91 Å². The molecule has 1 fully saturated rings. The average Bonchev–Trinajstić information content (AvgIpc) is 3.60. The lowest BCUT2D eigenvalue weighted by Gasteiger charge is -2.24. The molecule has 34 heavy (non-hydrogen) atoms. The van der Waals surface area contributed by atoms with Gasteiger partial charge in [0, 0.05) is 70.0 Å². The monoisotopic (exact) mass is 571 g/mol. The topological polar surface area (TPSA) is 51.2 Å². The first-order chi connectivity index (χ1) is 16.2. The van der Waals surface area contributed by atoms with Gasteiger partial charge in [0.05, 0.1) is 0 Å². The van der Waals surface area contributed by atoms with Crippen molar-refractivity contribution in [2.75, 3.05) is 49.6 Å². The molecule has 2 aromatic carbocycles. The van der Waals surface area contributed by atoms with Crippen molar-refractivity contribution in [3.63, 3.8) is 0 Å². The fourth-order valence-corrected chi connectivity index (χ4v) is 5.22. The molecule has 6 nitrogen and oxygen atoms in total. The summed E-state index contributed by atoms with van der Waals surface area (Å²) in [5.41, 5.74) is 5.09. The Morgan fingerprint density at radius 2 is 1.94 bits per heavy atom. The second-order valence-corrected chi connectivity index (χ2v) is 9.09. The molecule has 1 saturated heterocycles. The smallest absolute Gasteiger partial charge is 0.222 e. The van der Waals surface area contributed by atoms with Crippen molar-refractivity contribution in [3.8, 4) is 0 Å². The maximum Gasteiger partial charge on any atom is 0.222 e. The second kappa shape index (κ2) is 11.3. The molecule has 1 amide bonds. The van der Waals surface area contributed by atoms with E-state index in [-0.39, 0.29) is 24.0 Å². The molecule has 0 spiro atoms. The number of nitrogens with one attached hydrogen (secondary N) is 1. The van der Waals surface area contributed by atoms with E-state index >= 15 is 0 Å². The number of likely N-dealkylation sites (tertiary alicyclic amines) is 1. The van der Waals surface area contributed by atoms with E-state index in [0.717, 1.165) is 58.1 Å². The van der Waals surface area contributed by atoms with Crippen LogP contribution in [0.2, 0.25) is 0 Å². The number of carbonyl (C=O) groups is 1. The van der Waals surface area contributed by atoms with Crippen LogP contribution >= 0.6 is 24.0 Å². The molecule has 3 aliphatic rings. The molecule has 0 saturated carbocycles. The maximum absolute atomic E-state index is 12.1. The number of carbonyl (C=O) groups excluding carboxylic acids is 1. The van der Waals surface area contributed by atoms with Crippen LogP contribution < -0.4 is 15.1 Å². The largest absolute Gasteiger partial charge is 0.364 e. The zero-order valence-corrected chi connectivity index (χ0v) is 22.2. The molecule has 1 N–H and O–H groups in total. The number of rotatable bonds is 6. The third-order valence-corrected chi connectivity index (χ3v) is 7.00. The normalized spacial score (nSPS) is 19.6. The molecular formula is C27H34IN5O. The van der Waals surface area contributed by atoms with Crippen LogP contribution in [0.25, 0.3) is 0 Å². The van der Waals surface area contributed by atoms with Crippen molar-refractivity contribution in [3.05, 3.63) is 71.8 Å². The molecule has 5 rings (SSSR count). The van der Waals surface area contributed by atoms with Gasteiger partial charge < -0.3 is 20.0 Å². The Bertz CT molecular complexity index is 1060. The highest BCUT2D eigenvalue weighted by molar-refractivity contribution is 14.0. The first kappa shape index (κ1) is 24.6. The molecule has 0 aliphatic carbocycles. The highest BCUT2D eigenvalue weighted by Crippen LogP contribution is 2.38. The molecule has 0 radical (unpaired) electrons. The number of para-hydroxylation sites is 1. The molecule has 3 heterocycles. The van der Waals surface area contributed by atoms with E-state index in [0.29, 0.717) is 18.2 Å². The summed E-state index contributed by atoms with van der Waals surface area (Å²) in [6, 6.07) is 17.4. The Morgan fingerprint density at radius 3 is 2.71 bits per heavy atom. The minimum absolute atomic E-state index is 0. The Balaban J connectivity index is 0.00000274. The summed E-state index contributed by atoms with van der Waals surface area (Å²) in [7, 11) is 1.85. The number of benzene rings is 2. The molecule has 2 aromatic rings. The van der Waals surface area contributed by atoms with Gasteiger partial charge in [-0.2, -0.15) is 0 Å². The number of guanidine groups is 1. The van der Waals surface area contributed by atoms with Crippen LogP contribution in [-0.2, 0) is 11.3 Å². The van der Waals surface area contributed by atoms with Gasteiger partial charge in [0.15, 0.2) is 5.96 Å². The number of nitrogens with zero attached hydrogens (tertiary/aromatic N) is 4. The van der Waals surface area contributed by atoms with Crippen molar-refractivity contribution in [2.24, 2.45) is 4.99 Å². The Hall–Kier alpha value is -2.55. The Labute approximate surface area is 219 Å². The first-order valence-corrected chi connectivity index (χ1v) is 12.1. The number of anilines is 2. The third kappa shape index (κ3) is 5.24. The van der Waals surface area contributed by atoms with Crippen LogP contribution in [0.3, 0.4) is 0 Å². The Kier molecular flexibility index (Phi) is 8.13. The van der Waals surface area contributed by atoms with Crippen molar-refractivity contribution in [1.82, 2.24) is 10.2 Å². The standard InChI is InChI=1S/C27H33N5O.HI/c1-28-27(29-19-21-8-6-9-23(18-21)30-14-4-5-15-30)32-20-22(24-10-2-3-11-25(24)32)13-17-31-16-7-12-26(31)33;/h2-6,8-11,18,22H,7,12-17,19-20H2,1H3,(H,28,29);1H. The molecule has 1 atom stereocenters. The second-order valence-electron chi connectivity index (χ2n) is 9.09. The molecular weight excluding hydrogens is 537 g/mol. The van der Waals surface area contributed by atoms with Crippen molar-refractivity contribution >= 4 is 47.2 Å². The number of halogens is 1. The minimum Gasteiger partial charge on any atom is -0.364 e. The van der Waals surface area contributed by atoms with E-state index in [2.05, 4.69) is 80.8 Å². The van der Waals surface area contributed by atoms with Crippen LogP contribution in [0.1, 0.15) is 36.3 Å². The van der Waals surface area contributed by atoms with E-state index in [9.17, 15) is 4.79 Å². The van der Waals surface area contributed by atoms with Gasteiger partial charge >= 0.3 is 0 Å². The lowest BCUT2D eigenvalue weighted by atomic mass is 9.98. The summed E-state index contributed by atoms with van der Waals surface area (Å²) in [6.45, 7) is 5.33. The van der Waals surface area contributed by atoms with E-state index in [1.807, 2.05) is 11.9 Å². The minimum atomic E-state index is 0. The number of fused-ring (bicyclic) bond motifs is 1. The molecule has 0 bridgehead atoms. The summed E-state index contributed by atoms with van der Waals surface area (Å²) in [6.07, 6.45) is 7.13. The number of amides is 1. The van der Waals surface area contributed by atoms with E-state index < -0.39 is 0 Å². The summed E-state index contributed by atoms with van der Waals surface area (Å²) < 4.78 is 0. The first-order valence-electron chi connectivity index (χ1n) is 12.1. The van der Waals surface area contributed by atoms with Crippen LogP contribution in [0.4, 0.5) is 11.4 Å². The summed E-state index contributed by atoms with van der Waals surface area (Å²) in [4.78, 5) is 23.4.